The average molecular weight is 1430 g/mol. The predicted molar refractivity (Wildman–Crippen MR) is 390 cm³/mol. The summed E-state index contributed by atoms with van der Waals surface area (Å²) in [5, 5.41) is 4.58. The number of hydrogen-bond donors (Lipinski definition) is 0. The molecule has 94 heavy (non-hydrogen) atoms. The van der Waals surface area contributed by atoms with Gasteiger partial charge in [-0.15, -0.1) is 0 Å². The summed E-state index contributed by atoms with van der Waals surface area (Å²) in [7, 11) is 0. The van der Waals surface area contributed by atoms with Gasteiger partial charge in [-0.3, -0.25) is 0 Å². The summed E-state index contributed by atoms with van der Waals surface area (Å²) in [5.41, 5.74) is 14.5. The van der Waals surface area contributed by atoms with E-state index in [2.05, 4.69) is 273 Å². The molecule has 496 valence electrons. The molecule has 0 unspecified atom stereocenters. The maximum absolute atomic E-state index is 17.1. The van der Waals surface area contributed by atoms with Crippen LogP contribution in [0.25, 0.3) is 77.2 Å². The Hall–Kier alpha value is -6.71. The van der Waals surface area contributed by atoms with E-state index in [1.807, 2.05) is 12.1 Å². The van der Waals surface area contributed by atoms with Gasteiger partial charge in [-0.1, -0.05) is 0 Å². The summed E-state index contributed by atoms with van der Waals surface area (Å²) in [6.45, 7) is 51.6. The van der Waals surface area contributed by atoms with Gasteiger partial charge in [0, 0.05) is 0 Å². The molecule has 6 nitrogen and oxygen atoms in total. The van der Waals surface area contributed by atoms with Crippen molar-refractivity contribution in [2.75, 3.05) is 13.2 Å². The second-order valence-electron chi connectivity index (χ2n) is 37.2. The first-order chi connectivity index (χ1) is 43.2. The van der Waals surface area contributed by atoms with Gasteiger partial charge >= 0.3 is 564 Å². The van der Waals surface area contributed by atoms with E-state index in [-0.39, 0.29) is 55.0 Å². The Morgan fingerprint density at radius 2 is 0.660 bits per heavy atom. The summed E-state index contributed by atoms with van der Waals surface area (Å²) < 4.78 is 69.4. The molecule has 5 heterocycles. The third-order valence-corrected chi connectivity index (χ3v) is 41.9. The molecule has 0 aliphatic carbocycles. The molecule has 0 N–H and O–H groups in total. The number of hydrogen-bond acceptors (Lipinski definition) is 2. The molecule has 0 amide bonds. The normalized spacial score (nSPS) is 17.3. The van der Waals surface area contributed by atoms with Crippen LogP contribution in [0.4, 0.5) is 8.78 Å². The fraction of sp³-hybridized carbons (Fsp3) is 0.435. The molecular weight excluding hydrogens is 1330 g/mol. The number of halogens is 2. The van der Waals surface area contributed by atoms with Crippen molar-refractivity contribution >= 4 is 43.6 Å². The SMILES string of the molecule is CC(C)(C)CC(C)(C)c1cc2c(c(-n3c4ccc(C(C)(C)C)cc4c4cc(C(C)(C)C)ccc43)c1)[O][Hf-2]13([CH3])([CH3])[O]c4c(cc(C(C)(C)CC(C)(C)C)cc4-n4c5ccc(C(C)(C)C)cc5c5cc(C(C)(C)C)ccc54)-c4cc(F)ccc4[O+]1CCC[O+]3c1ccc(F)cc1-2. The topological polar surface area (TPSA) is 33.7 Å². The van der Waals surface area contributed by atoms with Crippen molar-refractivity contribution in [3.63, 3.8) is 0 Å². The van der Waals surface area contributed by atoms with Crippen molar-refractivity contribution in [1.29, 1.82) is 0 Å². The van der Waals surface area contributed by atoms with Crippen LogP contribution in [0.2, 0.25) is 9.36 Å². The fourth-order valence-electron chi connectivity index (χ4n) is 17.0. The first-order valence-electron chi connectivity index (χ1n) is 34.6. The van der Waals surface area contributed by atoms with Gasteiger partial charge in [-0.2, -0.15) is 0 Å². The summed E-state index contributed by atoms with van der Waals surface area (Å²) >= 11 is -7.49. The van der Waals surface area contributed by atoms with Gasteiger partial charge in [0.15, 0.2) is 0 Å². The summed E-state index contributed by atoms with van der Waals surface area (Å²) in [6.07, 6.45) is 2.38. The zero-order chi connectivity index (χ0) is 68.2. The van der Waals surface area contributed by atoms with Crippen molar-refractivity contribution < 1.29 is 38.2 Å². The number of benzene rings is 8. The van der Waals surface area contributed by atoms with E-state index >= 15 is 8.78 Å². The average Bonchev–Trinajstić information content (AvgIpc) is 1.31. The monoisotopic (exact) mass is 1430 g/mol. The van der Waals surface area contributed by atoms with Crippen LogP contribution in [-0.4, -0.2) is 22.3 Å². The van der Waals surface area contributed by atoms with Crippen LogP contribution in [-0.2, 0) is 56.2 Å². The standard InChI is InChI=1S/C83H100F2N2O4.2CH3.Hf/c1-76(2,3)48-82(19,20)54-42-64(74(88)70(44-54)86-66-30-24-50(78(7,8)9)38-58(66)59-39-51(79(10,11)12)25-31-67(59)86)62-46-56(84)28-34-72(62)90-36-23-37-91-73-35-29-57(85)47-63(73)65-43-55(83(21,22)49-77(4,5)6)45-71(75(65)89)87-68-32-26-52(80(13,14)15)40-60(68)61-41-53(81(16,17)18)27-33-69(61)87;;;/h24-35,38-47,88-89H,23,36-37,48-49H2,1-22H3;2*1H3;/q;;;+2/p-2. The molecule has 8 aromatic carbocycles. The van der Waals surface area contributed by atoms with Crippen LogP contribution in [0.3, 0.4) is 0 Å². The van der Waals surface area contributed by atoms with Crippen LogP contribution < -0.4 is 5.71 Å². The molecule has 0 bridgehead atoms. The van der Waals surface area contributed by atoms with Gasteiger partial charge in [0.25, 0.3) is 0 Å². The number of aromatic nitrogens is 2. The van der Waals surface area contributed by atoms with Gasteiger partial charge in [0.05, 0.1) is 0 Å². The number of fused-ring (bicyclic) bond motifs is 14. The van der Waals surface area contributed by atoms with Crippen LogP contribution in [0, 0.1) is 22.5 Å². The predicted octanol–water partition coefficient (Wildman–Crippen LogP) is 25.5. The van der Waals surface area contributed by atoms with E-state index in [9.17, 15) is 0 Å². The molecule has 3 aliphatic heterocycles. The molecule has 0 radical (unpaired) electrons. The van der Waals surface area contributed by atoms with E-state index in [4.69, 9.17) is 5.71 Å². The van der Waals surface area contributed by atoms with Gasteiger partial charge in [0.2, 0.25) is 0 Å². The Morgan fingerprint density at radius 3 is 0.936 bits per heavy atom. The van der Waals surface area contributed by atoms with Crippen LogP contribution in [0.15, 0.2) is 133 Å². The number of nitrogens with zero attached hydrogens (tertiary/aromatic N) is 2. The van der Waals surface area contributed by atoms with Crippen molar-refractivity contribution in [2.45, 2.75) is 213 Å². The van der Waals surface area contributed by atoms with Gasteiger partial charge in [-0.05, 0) is 0 Å². The fourth-order valence-corrected chi connectivity index (χ4v) is 37.9. The summed E-state index contributed by atoms with van der Waals surface area (Å²) in [4.78, 5) is 0. The van der Waals surface area contributed by atoms with Gasteiger partial charge in [0.1, 0.15) is 0 Å². The molecule has 10 aromatic rings. The second-order valence-corrected chi connectivity index (χ2v) is 61.2. The summed E-state index contributed by atoms with van der Waals surface area (Å²) in [5.74, 6) is 1.94. The Morgan fingerprint density at radius 1 is 0.362 bits per heavy atom. The molecule has 13 rings (SSSR count). The minimum atomic E-state index is -7.49. The van der Waals surface area contributed by atoms with Crippen molar-refractivity contribution in [3.8, 4) is 56.6 Å². The molecule has 3 aliphatic rings. The molecular formula is C85H104F2HfN2O4. The maximum atomic E-state index is 17.1. The van der Waals surface area contributed by atoms with Crippen molar-refractivity contribution in [2.24, 2.45) is 10.8 Å². The van der Waals surface area contributed by atoms with Gasteiger partial charge in [-0.25, -0.2) is 0 Å². The van der Waals surface area contributed by atoms with Crippen LogP contribution in [0.1, 0.15) is 205 Å². The molecule has 2 aromatic heterocycles. The zero-order valence-electron chi connectivity index (χ0n) is 61.0. The molecule has 1 saturated heterocycles. The third kappa shape index (κ3) is 10.6. The molecule has 9 heteroatoms. The van der Waals surface area contributed by atoms with Crippen LogP contribution in [0.5, 0.6) is 23.0 Å². The third-order valence-electron chi connectivity index (χ3n) is 21.3. The number of rotatable bonds is 6. The van der Waals surface area contributed by atoms with Crippen LogP contribution >= 0.6 is 0 Å². The Bertz CT molecular complexity index is 4390. The zero-order valence-corrected chi connectivity index (χ0v) is 64.6. The quantitative estimate of drug-likeness (QED) is 0.123. The first-order valence-corrected chi connectivity index (χ1v) is 47.6. The van der Waals surface area contributed by atoms with Crippen molar-refractivity contribution in [1.82, 2.24) is 9.13 Å². The first kappa shape index (κ1) is 65.9. The molecule has 1 fully saturated rings. The molecule has 0 atom stereocenters. The van der Waals surface area contributed by atoms with Crippen molar-refractivity contribution in [3.05, 3.63) is 178 Å². The Labute approximate surface area is 559 Å². The Balaban J connectivity index is 1.23. The minimum absolute atomic E-state index is 0.0470. The summed E-state index contributed by atoms with van der Waals surface area (Å²) in [6, 6.07) is 47.8. The van der Waals surface area contributed by atoms with E-state index < -0.39 is 18.8 Å². The molecule has 1 spiro atoms. The van der Waals surface area contributed by atoms with E-state index in [1.54, 1.807) is 24.3 Å². The van der Waals surface area contributed by atoms with Gasteiger partial charge < -0.3 is 0 Å². The second kappa shape index (κ2) is 20.4. The van der Waals surface area contributed by atoms with E-state index in [0.717, 1.165) is 102 Å². The van der Waals surface area contributed by atoms with E-state index in [1.165, 1.54) is 22.3 Å². The van der Waals surface area contributed by atoms with E-state index in [0.29, 0.717) is 42.3 Å². The molecule has 0 saturated carbocycles. The Kier molecular flexibility index (Phi) is 14.3.